The van der Waals surface area contributed by atoms with E-state index in [-0.39, 0.29) is 10.8 Å². The zero-order chi connectivity index (χ0) is 22.9. The molecule has 0 heterocycles. The van der Waals surface area contributed by atoms with Crippen LogP contribution < -0.4 is 0 Å². The molecule has 0 bridgehead atoms. The molecule has 2 nitrogen and oxygen atoms in total. The van der Waals surface area contributed by atoms with Crippen molar-refractivity contribution < 1.29 is 9.22 Å². The van der Waals surface area contributed by atoms with Crippen LogP contribution in [0.15, 0.2) is 60.7 Å². The topological polar surface area (TPSA) is 26.3 Å². The predicted molar refractivity (Wildman–Crippen MR) is 137 cm³/mol. The van der Waals surface area contributed by atoms with Crippen molar-refractivity contribution in [3.63, 3.8) is 0 Å². The first kappa shape index (κ1) is 26.1. The summed E-state index contributed by atoms with van der Waals surface area (Å²) in [5.74, 6) is 0.256. The summed E-state index contributed by atoms with van der Waals surface area (Å²) in [6.45, 7) is 14.8. The van der Waals surface area contributed by atoms with Crippen molar-refractivity contribution in [2.75, 3.05) is 6.61 Å². The fourth-order valence-corrected chi connectivity index (χ4v) is 7.33. The van der Waals surface area contributed by atoms with Crippen molar-refractivity contribution in [2.45, 2.75) is 81.1 Å². The average molecular weight is 504 g/mol. The molecule has 2 atom stereocenters. The van der Waals surface area contributed by atoms with Gasteiger partial charge in [-0.25, -0.2) is 0 Å². The van der Waals surface area contributed by atoms with Gasteiger partial charge in [0.2, 0.25) is 0 Å². The molecule has 0 aliphatic carbocycles. The van der Waals surface area contributed by atoms with Crippen molar-refractivity contribution in [1.82, 2.24) is 0 Å². The van der Waals surface area contributed by atoms with Gasteiger partial charge in [-0.1, -0.05) is 0 Å². The first-order valence-electron chi connectivity index (χ1n) is 11.5. The molecule has 2 aromatic rings. The molecule has 0 fully saturated rings. The van der Waals surface area contributed by atoms with Gasteiger partial charge in [0.15, 0.2) is 0 Å². The van der Waals surface area contributed by atoms with Crippen molar-refractivity contribution in [3.8, 4) is 0 Å². The van der Waals surface area contributed by atoms with E-state index in [2.05, 4.69) is 71.1 Å². The Balaban J connectivity index is 1.87. The molecule has 0 aromatic heterocycles. The molecule has 0 saturated heterocycles. The minimum absolute atomic E-state index is 0.256. The summed E-state index contributed by atoms with van der Waals surface area (Å²) < 4.78 is 6.33. The van der Waals surface area contributed by atoms with Gasteiger partial charge >= 0.3 is 198 Å². The number of benzene rings is 2. The summed E-state index contributed by atoms with van der Waals surface area (Å²) >= 11 is 0.381. The molecular formula is C27H40O2SeSi. The van der Waals surface area contributed by atoms with Crippen LogP contribution in [-0.4, -0.2) is 35.7 Å². The molecule has 0 aliphatic rings. The number of rotatable bonds is 12. The monoisotopic (exact) mass is 504 g/mol. The van der Waals surface area contributed by atoms with Crippen LogP contribution in [-0.2, 0) is 4.43 Å². The number of carbonyl (C=O) groups is 1. The summed E-state index contributed by atoms with van der Waals surface area (Å²) in [6, 6.07) is 20.3. The van der Waals surface area contributed by atoms with E-state index in [9.17, 15) is 4.79 Å². The molecule has 0 radical (unpaired) electrons. The molecule has 0 saturated carbocycles. The Labute approximate surface area is 197 Å². The number of hydrogen-bond acceptors (Lipinski definition) is 2. The van der Waals surface area contributed by atoms with E-state index in [0.717, 1.165) is 18.6 Å². The second-order valence-electron chi connectivity index (χ2n) is 9.94. The second-order valence-corrected chi connectivity index (χ2v) is 18.2. The van der Waals surface area contributed by atoms with E-state index < -0.39 is 8.32 Å². The van der Waals surface area contributed by atoms with Crippen LogP contribution in [0.3, 0.4) is 0 Å². The van der Waals surface area contributed by atoms with E-state index in [1.807, 2.05) is 30.3 Å². The molecule has 0 amide bonds. The number of carbonyl (C=O) groups excluding carboxylic acids is 1. The molecule has 170 valence electrons. The van der Waals surface area contributed by atoms with Crippen molar-refractivity contribution in [1.29, 1.82) is 0 Å². The second kappa shape index (κ2) is 12.2. The fourth-order valence-electron chi connectivity index (χ4n) is 3.25. The average Bonchev–Trinajstić information content (AvgIpc) is 2.73. The number of unbranched alkanes of at least 4 members (excludes halogenated alkanes) is 1. The normalized spacial score (nSPS) is 14.3. The van der Waals surface area contributed by atoms with Crippen molar-refractivity contribution >= 4 is 29.1 Å². The van der Waals surface area contributed by atoms with Gasteiger partial charge in [0.05, 0.1) is 0 Å². The first-order chi connectivity index (χ1) is 14.6. The van der Waals surface area contributed by atoms with Gasteiger partial charge in [-0.05, 0) is 0 Å². The Morgan fingerprint density at radius 3 is 2.13 bits per heavy atom. The minimum atomic E-state index is -1.64. The quantitative estimate of drug-likeness (QED) is 0.168. The van der Waals surface area contributed by atoms with E-state index in [1.54, 1.807) is 0 Å². The SMILES string of the molecule is C[C@H](CCCCO[Si](C)(C)C(C)(C)C)[Se][C@H](CC(=O)c1ccccc1)c1ccccc1. The van der Waals surface area contributed by atoms with E-state index in [4.69, 9.17) is 4.43 Å². The molecular weight excluding hydrogens is 463 g/mol. The third kappa shape index (κ3) is 8.69. The van der Waals surface area contributed by atoms with Gasteiger partial charge in [0.1, 0.15) is 0 Å². The Kier molecular flexibility index (Phi) is 10.2. The first-order valence-corrected chi connectivity index (χ1v) is 16.4. The molecule has 31 heavy (non-hydrogen) atoms. The zero-order valence-corrected chi connectivity index (χ0v) is 22.9. The van der Waals surface area contributed by atoms with Crippen LogP contribution in [0.1, 0.15) is 74.1 Å². The Hall–Kier alpha value is -1.19. The predicted octanol–water partition coefficient (Wildman–Crippen LogP) is 7.71. The van der Waals surface area contributed by atoms with Gasteiger partial charge < -0.3 is 0 Å². The van der Waals surface area contributed by atoms with Gasteiger partial charge in [0.25, 0.3) is 0 Å². The molecule has 2 aromatic carbocycles. The third-order valence-electron chi connectivity index (χ3n) is 6.31. The van der Waals surface area contributed by atoms with Gasteiger partial charge in [-0.3, -0.25) is 0 Å². The summed E-state index contributed by atoms with van der Waals surface area (Å²) in [5, 5.41) is 0.275. The standard InChI is InChI=1S/C27H40O2SeSi/c1-22(15-13-14-20-29-31(5,6)27(2,3)4)30-26(24-18-11-8-12-19-24)21-25(28)23-16-9-7-10-17-23/h7-12,16-19,22,26H,13-15,20-21H2,1-6H3/t22-,26-/m1/s1. The zero-order valence-electron chi connectivity index (χ0n) is 20.2. The maximum atomic E-state index is 12.9. The fraction of sp³-hybridized carbons (Fsp3) is 0.519. The van der Waals surface area contributed by atoms with Crippen molar-refractivity contribution in [2.24, 2.45) is 0 Å². The molecule has 2 rings (SSSR count). The summed E-state index contributed by atoms with van der Waals surface area (Å²) in [6.07, 6.45) is 4.15. The molecule has 0 spiro atoms. The Bertz CT molecular complexity index is 784. The molecule has 0 N–H and O–H groups in total. The summed E-state index contributed by atoms with van der Waals surface area (Å²) in [4.78, 5) is 13.9. The van der Waals surface area contributed by atoms with Crippen LogP contribution >= 0.6 is 0 Å². The van der Waals surface area contributed by atoms with Gasteiger partial charge in [-0.15, -0.1) is 0 Å². The van der Waals surface area contributed by atoms with E-state index in [1.165, 1.54) is 18.4 Å². The molecule has 0 aliphatic heterocycles. The number of Topliss-reactive ketones (excluding diaryl/α,β-unsaturated/α-hetero) is 1. The summed E-state index contributed by atoms with van der Waals surface area (Å²) in [5.41, 5.74) is 2.13. The van der Waals surface area contributed by atoms with E-state index in [0.29, 0.717) is 31.0 Å². The van der Waals surface area contributed by atoms with Crippen LogP contribution in [0, 0.1) is 0 Å². The van der Waals surface area contributed by atoms with Gasteiger partial charge in [0, 0.05) is 0 Å². The van der Waals surface area contributed by atoms with Crippen LogP contribution in [0.4, 0.5) is 0 Å². The van der Waals surface area contributed by atoms with Crippen LogP contribution in [0.25, 0.3) is 0 Å². The third-order valence-corrected chi connectivity index (χ3v) is 13.9. The Morgan fingerprint density at radius 1 is 0.968 bits per heavy atom. The molecule has 0 unspecified atom stereocenters. The Morgan fingerprint density at radius 2 is 1.55 bits per heavy atom. The molecule has 4 heteroatoms. The number of hydrogen-bond donors (Lipinski definition) is 0. The van der Waals surface area contributed by atoms with Gasteiger partial charge in [-0.2, -0.15) is 0 Å². The van der Waals surface area contributed by atoms with E-state index >= 15 is 0 Å². The number of ketones is 1. The van der Waals surface area contributed by atoms with Crippen molar-refractivity contribution in [3.05, 3.63) is 71.8 Å². The van der Waals surface area contributed by atoms with Crippen LogP contribution in [0.5, 0.6) is 0 Å². The maximum absolute atomic E-state index is 12.9. The van der Waals surface area contributed by atoms with Crippen LogP contribution in [0.2, 0.25) is 22.9 Å². The summed E-state index contributed by atoms with van der Waals surface area (Å²) in [7, 11) is -1.64.